The van der Waals surface area contributed by atoms with Crippen molar-refractivity contribution in [3.05, 3.63) is 161 Å². The summed E-state index contributed by atoms with van der Waals surface area (Å²) in [5, 5.41) is 31.2. The van der Waals surface area contributed by atoms with Crippen molar-refractivity contribution in [2.75, 3.05) is 14.2 Å². The minimum absolute atomic E-state index is 0. The maximum atomic E-state index is 8.73. The normalized spacial score (nSPS) is 11.0. The summed E-state index contributed by atoms with van der Waals surface area (Å²) < 4.78 is 22.2. The summed E-state index contributed by atoms with van der Waals surface area (Å²) in [4.78, 5) is 0. The molecule has 12 heteroatoms. The summed E-state index contributed by atoms with van der Waals surface area (Å²) in [7, 11) is 3.29. The van der Waals surface area contributed by atoms with E-state index in [9.17, 15) is 0 Å². The molecule has 67 heavy (non-hydrogen) atoms. The maximum absolute atomic E-state index is 8.73. The van der Waals surface area contributed by atoms with Gasteiger partial charge in [-0.1, -0.05) is 76.8 Å². The van der Waals surface area contributed by atoms with E-state index >= 15 is 0 Å². The van der Waals surface area contributed by atoms with E-state index in [0.29, 0.717) is 0 Å². The predicted molar refractivity (Wildman–Crippen MR) is 276 cm³/mol. The summed E-state index contributed by atoms with van der Waals surface area (Å²) in [6.07, 6.45) is 12.7. The number of hydrogen-bond donors (Lipinski definition) is 2. The molecule has 9 rings (SSSR count). The highest BCUT2D eigenvalue weighted by Gasteiger charge is 2.16. The van der Waals surface area contributed by atoms with Crippen molar-refractivity contribution < 1.29 is 24.4 Å². The van der Waals surface area contributed by atoms with Crippen LogP contribution in [-0.2, 0) is 19.6 Å². The Morgan fingerprint density at radius 2 is 1.18 bits per heavy atom. The second-order valence-corrected chi connectivity index (χ2v) is 15.8. The van der Waals surface area contributed by atoms with Gasteiger partial charge < -0.3 is 38.1 Å². The minimum atomic E-state index is 0. The number of aromatic nitrogens is 4. The molecule has 0 spiro atoms. The zero-order chi connectivity index (χ0) is 47.3. The number of ether oxygens (including phenoxy) is 2. The highest BCUT2D eigenvalue weighted by Crippen LogP contribution is 2.34. The number of terminal acetylenes is 1. The third-order valence-corrected chi connectivity index (χ3v) is 11.4. The van der Waals surface area contributed by atoms with Gasteiger partial charge in [0.15, 0.2) is 10.9 Å². The van der Waals surface area contributed by atoms with Crippen molar-refractivity contribution in [2.45, 2.75) is 68.6 Å². The summed E-state index contributed by atoms with van der Waals surface area (Å²) in [5.74, 6) is 4.93. The van der Waals surface area contributed by atoms with E-state index in [2.05, 4.69) is 118 Å². The van der Waals surface area contributed by atoms with Gasteiger partial charge in [0.25, 0.3) is 0 Å². The Labute approximate surface area is 398 Å². The van der Waals surface area contributed by atoms with E-state index in [4.69, 9.17) is 42.4 Å². The van der Waals surface area contributed by atoms with Crippen LogP contribution in [0.5, 0.6) is 11.5 Å². The zero-order valence-corrected chi connectivity index (χ0v) is 39.3. The largest absolute Gasteiger partial charge is 0.497 e. The number of methoxy groups -OCH3 is 2. The molecule has 0 aliphatic rings. The Morgan fingerprint density at radius 1 is 0.687 bits per heavy atom. The molecule has 0 radical (unpaired) electrons. The van der Waals surface area contributed by atoms with Gasteiger partial charge in [-0.2, -0.15) is 0 Å². The second-order valence-electron chi connectivity index (χ2n) is 15.4. The zero-order valence-electron chi connectivity index (χ0n) is 38.6. The molecule has 4 aromatic heterocycles. The topological polar surface area (TPSA) is 124 Å². The first-order valence-electron chi connectivity index (χ1n) is 21.5. The van der Waals surface area contributed by atoms with Gasteiger partial charge in [0.05, 0.1) is 20.4 Å². The van der Waals surface area contributed by atoms with Crippen LogP contribution in [0.1, 0.15) is 61.6 Å². The molecule has 5 aromatic carbocycles. The number of fused-ring (bicyclic) bond motifs is 3. The van der Waals surface area contributed by atoms with E-state index in [1.807, 2.05) is 86.0 Å². The Balaban J connectivity index is 0.000000176. The van der Waals surface area contributed by atoms with Crippen molar-refractivity contribution >= 4 is 55.7 Å². The molecule has 11 nitrogen and oxygen atoms in total. The summed E-state index contributed by atoms with van der Waals surface area (Å²) in [6, 6.07) is 36.1. The van der Waals surface area contributed by atoms with E-state index in [-0.39, 0.29) is 12.6 Å². The van der Waals surface area contributed by atoms with Crippen molar-refractivity contribution in [1.29, 1.82) is 0 Å². The van der Waals surface area contributed by atoms with Crippen LogP contribution in [0.25, 0.3) is 55.3 Å². The van der Waals surface area contributed by atoms with Gasteiger partial charge >= 0.3 is 0 Å². The minimum Gasteiger partial charge on any atom is -0.497 e. The molecule has 0 unspecified atom stereocenters. The molecule has 0 saturated carbocycles. The van der Waals surface area contributed by atoms with E-state index < -0.39 is 0 Å². The van der Waals surface area contributed by atoms with Gasteiger partial charge in [0.2, 0.25) is 0 Å². The molecule has 0 aliphatic carbocycles. The van der Waals surface area contributed by atoms with Gasteiger partial charge in [-0.25, -0.2) is 0 Å². The lowest BCUT2D eigenvalue weighted by atomic mass is 10.1. The van der Waals surface area contributed by atoms with Crippen molar-refractivity contribution in [3.63, 3.8) is 0 Å². The molecular weight excluding hydrogens is 860 g/mol. The number of rotatable bonds is 9. The standard InChI is InChI=1S/C21H20N2O2.C12H13ClN2O.C12H14N2O.C9H8O.CH4/c1-4-23-13-18(17-10-5-14(2)11-20(17)23)19-12-21(25-22-19)15-6-8-16(24-3)9-7-15;1-3-15-7-10(12(13)14-16)9-5-4-8(2)6-11(9)15;1-3-14-8-10(7-13-15)11-5-4-9(2)6-12(11)14;1-3-8-4-6-9(10-2)7-5-8;/h5-13H,4H2,1-3H3;4-7,16H,3H2,1-2H3;4-8,15H,3H2,1-2H3;1,4-7H,2H3;1H4/b;14-12-;13-7+;;. The lowest BCUT2D eigenvalue weighted by molar-refractivity contribution is 0.321. The lowest BCUT2D eigenvalue weighted by Crippen LogP contribution is -1.91. The van der Waals surface area contributed by atoms with Crippen LogP contribution in [0, 0.1) is 33.1 Å². The van der Waals surface area contributed by atoms with Crippen LogP contribution in [0.4, 0.5) is 0 Å². The number of halogens is 1. The number of oxime groups is 2. The molecule has 0 amide bonds. The van der Waals surface area contributed by atoms with Crippen LogP contribution < -0.4 is 9.47 Å². The highest BCUT2D eigenvalue weighted by molar-refractivity contribution is 6.70. The van der Waals surface area contributed by atoms with E-state index in [0.717, 1.165) is 86.7 Å². The molecular formula is C55H59ClN6O5. The van der Waals surface area contributed by atoms with Crippen molar-refractivity contribution in [2.24, 2.45) is 10.3 Å². The number of nitrogens with zero attached hydrogens (tertiary/aromatic N) is 6. The van der Waals surface area contributed by atoms with Crippen LogP contribution in [0.2, 0.25) is 0 Å². The number of aryl methyl sites for hydroxylation is 6. The number of benzene rings is 5. The van der Waals surface area contributed by atoms with Crippen LogP contribution >= 0.6 is 11.6 Å². The third-order valence-electron chi connectivity index (χ3n) is 11.1. The Kier molecular flexibility index (Phi) is 17.6. The van der Waals surface area contributed by atoms with Gasteiger partial charge in [-0.05, 0) is 125 Å². The Morgan fingerprint density at radius 3 is 1.70 bits per heavy atom. The lowest BCUT2D eigenvalue weighted by Gasteiger charge is -2.00. The van der Waals surface area contributed by atoms with Crippen molar-refractivity contribution in [3.8, 4) is 46.4 Å². The monoisotopic (exact) mass is 918 g/mol. The van der Waals surface area contributed by atoms with Gasteiger partial charge in [0, 0.05) is 105 Å². The molecule has 0 aliphatic heterocycles. The van der Waals surface area contributed by atoms with Crippen molar-refractivity contribution in [1.82, 2.24) is 18.9 Å². The van der Waals surface area contributed by atoms with E-state index in [1.165, 1.54) is 39.3 Å². The fourth-order valence-electron chi connectivity index (χ4n) is 7.59. The average Bonchev–Trinajstić information content (AvgIpc) is 4.15. The van der Waals surface area contributed by atoms with Crippen LogP contribution in [0.15, 0.2) is 143 Å². The summed E-state index contributed by atoms with van der Waals surface area (Å²) in [5.41, 5.74) is 12.7. The number of hydrogen-bond acceptors (Lipinski definition) is 8. The molecule has 0 fully saturated rings. The predicted octanol–water partition coefficient (Wildman–Crippen LogP) is 13.7. The van der Waals surface area contributed by atoms with Gasteiger partial charge in [0.1, 0.15) is 17.2 Å². The molecule has 4 heterocycles. The van der Waals surface area contributed by atoms with Crippen LogP contribution in [-0.4, -0.2) is 54.9 Å². The van der Waals surface area contributed by atoms with E-state index in [1.54, 1.807) is 14.2 Å². The second kappa shape index (κ2) is 23.5. The molecule has 346 valence electrons. The average molecular weight is 920 g/mol. The van der Waals surface area contributed by atoms with Gasteiger partial charge in [-0.3, -0.25) is 0 Å². The third kappa shape index (κ3) is 11.8. The molecule has 0 saturated heterocycles. The summed E-state index contributed by atoms with van der Waals surface area (Å²) >= 11 is 5.87. The molecule has 2 N–H and O–H groups in total. The van der Waals surface area contributed by atoms with Crippen LogP contribution in [0.3, 0.4) is 0 Å². The molecule has 0 atom stereocenters. The first-order chi connectivity index (χ1) is 32.0. The molecule has 9 aromatic rings. The fraction of sp³-hybridized carbons (Fsp3) is 0.218. The maximum Gasteiger partial charge on any atom is 0.177 e. The SMILES string of the molecule is C.C#Cc1ccc(OC)cc1.CCn1cc(-c2cc(-c3ccc(OC)cc3)on2)c2ccc(C)cc21.CCn1cc(/C(Cl)=N/O)c2ccc(C)cc21.CCn1cc(/C=N/O)c2ccc(C)cc21. The Hall–Kier alpha value is -7.68. The highest BCUT2D eigenvalue weighted by atomic mass is 35.5. The Bertz CT molecular complexity index is 3150. The molecule has 0 bridgehead atoms. The van der Waals surface area contributed by atoms with Gasteiger partial charge in [-0.15, -0.1) is 6.42 Å². The quantitative estimate of drug-likeness (QED) is 0.0643. The summed E-state index contributed by atoms with van der Waals surface area (Å²) in [6.45, 7) is 15.2. The smallest absolute Gasteiger partial charge is 0.177 e. The first kappa shape index (κ1) is 50.3. The first-order valence-corrected chi connectivity index (χ1v) is 21.9. The fourth-order valence-corrected chi connectivity index (χ4v) is 7.74.